The molecule has 3 saturated heterocycles. The lowest BCUT2D eigenvalue weighted by Crippen LogP contribution is -2.30. The first kappa shape index (κ1) is 38.1. The molecule has 0 atom stereocenters. The zero-order valence-corrected chi connectivity index (χ0v) is 27.6. The SMILES string of the molecule is Br.Br.CCCCCN1CCCC1.CCCCCN1CCCCC1.CCCN1CCCC1.I. The van der Waals surface area contributed by atoms with Crippen molar-refractivity contribution < 1.29 is 0 Å². The van der Waals surface area contributed by atoms with E-state index >= 15 is 0 Å². The van der Waals surface area contributed by atoms with Gasteiger partial charge in [0.1, 0.15) is 0 Å². The zero-order valence-electron chi connectivity index (χ0n) is 21.8. The van der Waals surface area contributed by atoms with Gasteiger partial charge in [-0.25, -0.2) is 0 Å². The van der Waals surface area contributed by atoms with E-state index in [1.807, 2.05) is 0 Å². The molecule has 0 amide bonds. The van der Waals surface area contributed by atoms with Crippen LogP contribution in [0.5, 0.6) is 0 Å². The molecule has 3 fully saturated rings. The number of halogens is 3. The highest BCUT2D eigenvalue weighted by Crippen LogP contribution is 2.10. The Bertz CT molecular complexity index is 333. The summed E-state index contributed by atoms with van der Waals surface area (Å²) in [5, 5.41) is 0. The lowest BCUT2D eigenvalue weighted by Gasteiger charge is -2.26. The predicted octanol–water partition coefficient (Wildman–Crippen LogP) is 8.20. The van der Waals surface area contributed by atoms with Gasteiger partial charge in [-0.05, 0) is 117 Å². The fourth-order valence-corrected chi connectivity index (χ4v) is 4.68. The van der Waals surface area contributed by atoms with Gasteiger partial charge < -0.3 is 14.7 Å². The van der Waals surface area contributed by atoms with Crippen LogP contribution in [0.15, 0.2) is 0 Å². The molecular formula is C26H58Br2IN3. The number of hydrogen-bond acceptors (Lipinski definition) is 3. The summed E-state index contributed by atoms with van der Waals surface area (Å²) < 4.78 is 0. The van der Waals surface area contributed by atoms with Crippen LogP contribution >= 0.6 is 57.9 Å². The molecule has 6 heteroatoms. The molecule has 3 nitrogen and oxygen atoms in total. The monoisotopic (exact) mass is 697 g/mol. The van der Waals surface area contributed by atoms with Gasteiger partial charge in [0.05, 0.1) is 0 Å². The van der Waals surface area contributed by atoms with Gasteiger partial charge in [-0.15, -0.1) is 57.9 Å². The molecule has 32 heavy (non-hydrogen) atoms. The summed E-state index contributed by atoms with van der Waals surface area (Å²) in [6, 6.07) is 0. The Morgan fingerprint density at radius 3 is 1.03 bits per heavy atom. The van der Waals surface area contributed by atoms with Gasteiger partial charge in [0.15, 0.2) is 0 Å². The molecule has 198 valence electrons. The molecule has 0 saturated carbocycles. The summed E-state index contributed by atoms with van der Waals surface area (Å²) in [5.74, 6) is 0. The van der Waals surface area contributed by atoms with Gasteiger partial charge in [-0.1, -0.05) is 52.9 Å². The van der Waals surface area contributed by atoms with Crippen LogP contribution in [0.3, 0.4) is 0 Å². The fourth-order valence-electron chi connectivity index (χ4n) is 4.68. The topological polar surface area (TPSA) is 9.72 Å². The van der Waals surface area contributed by atoms with Crippen molar-refractivity contribution in [3.63, 3.8) is 0 Å². The largest absolute Gasteiger partial charge is 0.303 e. The molecular weight excluding hydrogens is 641 g/mol. The molecule has 0 unspecified atom stereocenters. The molecule has 0 aliphatic carbocycles. The van der Waals surface area contributed by atoms with Gasteiger partial charge >= 0.3 is 0 Å². The molecule has 3 heterocycles. The van der Waals surface area contributed by atoms with E-state index in [4.69, 9.17) is 0 Å². The van der Waals surface area contributed by atoms with Crippen molar-refractivity contribution >= 4 is 57.9 Å². The van der Waals surface area contributed by atoms with Crippen molar-refractivity contribution in [2.45, 2.75) is 111 Å². The highest BCUT2D eigenvalue weighted by Gasteiger charge is 2.10. The van der Waals surface area contributed by atoms with Crippen molar-refractivity contribution in [1.29, 1.82) is 0 Å². The lowest BCUT2D eigenvalue weighted by atomic mass is 10.1. The van der Waals surface area contributed by atoms with Crippen molar-refractivity contribution in [3.05, 3.63) is 0 Å². The van der Waals surface area contributed by atoms with Crippen LogP contribution in [-0.2, 0) is 0 Å². The molecule has 3 aliphatic rings. The van der Waals surface area contributed by atoms with Crippen molar-refractivity contribution in [3.8, 4) is 0 Å². The predicted molar refractivity (Wildman–Crippen MR) is 167 cm³/mol. The standard InChI is InChI=1S/C10H21N.C9H19N.C7H15N.2BrH.HI/c1-2-3-5-8-11-9-6-4-7-10-11;1-2-3-4-7-10-8-5-6-9-10;1-2-5-8-6-3-4-7-8;;;/h2-10H2,1H3;2-9H2,1H3;2-7H2,1H3;3*1H. The summed E-state index contributed by atoms with van der Waals surface area (Å²) in [7, 11) is 0. The Balaban J connectivity index is -0.000000380. The van der Waals surface area contributed by atoms with Crippen LogP contribution in [-0.4, -0.2) is 73.6 Å². The van der Waals surface area contributed by atoms with Gasteiger partial charge in [0.2, 0.25) is 0 Å². The Labute approximate surface area is 240 Å². The fraction of sp³-hybridized carbons (Fsp3) is 1.00. The van der Waals surface area contributed by atoms with Crippen molar-refractivity contribution in [1.82, 2.24) is 14.7 Å². The first-order valence-corrected chi connectivity index (χ1v) is 13.5. The zero-order chi connectivity index (χ0) is 21.0. The minimum Gasteiger partial charge on any atom is -0.303 e. The molecule has 0 spiro atoms. The average Bonchev–Trinajstić information content (AvgIpc) is 3.45. The van der Waals surface area contributed by atoms with Crippen molar-refractivity contribution in [2.24, 2.45) is 0 Å². The first-order valence-electron chi connectivity index (χ1n) is 13.5. The quantitative estimate of drug-likeness (QED) is 0.168. The molecule has 0 bridgehead atoms. The van der Waals surface area contributed by atoms with Crippen LogP contribution < -0.4 is 0 Å². The van der Waals surface area contributed by atoms with Crippen LogP contribution in [0.1, 0.15) is 111 Å². The molecule has 3 rings (SSSR count). The normalized spacial score (nSPS) is 18.8. The Morgan fingerprint density at radius 2 is 0.719 bits per heavy atom. The van der Waals surface area contributed by atoms with E-state index in [2.05, 4.69) is 35.5 Å². The average molecular weight is 699 g/mol. The van der Waals surface area contributed by atoms with Crippen LogP contribution in [0.25, 0.3) is 0 Å². The highest BCUT2D eigenvalue weighted by molar-refractivity contribution is 14.0. The van der Waals surface area contributed by atoms with E-state index in [0.29, 0.717) is 0 Å². The maximum Gasteiger partial charge on any atom is -0.00183 e. The maximum atomic E-state index is 2.62. The van der Waals surface area contributed by atoms with E-state index in [9.17, 15) is 0 Å². The third kappa shape index (κ3) is 22.1. The molecule has 0 radical (unpaired) electrons. The third-order valence-electron chi connectivity index (χ3n) is 6.54. The number of nitrogens with zero attached hydrogens (tertiary/aromatic N) is 3. The van der Waals surface area contributed by atoms with Gasteiger partial charge in [-0.3, -0.25) is 0 Å². The molecule has 0 aromatic heterocycles. The summed E-state index contributed by atoms with van der Waals surface area (Å²) in [5.41, 5.74) is 0. The summed E-state index contributed by atoms with van der Waals surface area (Å²) in [6.45, 7) is 19.0. The minimum absolute atomic E-state index is 0. The second-order valence-corrected chi connectivity index (χ2v) is 9.41. The number of likely N-dealkylation sites (tertiary alicyclic amines) is 3. The molecule has 0 aromatic rings. The molecule has 0 N–H and O–H groups in total. The van der Waals surface area contributed by atoms with E-state index in [-0.39, 0.29) is 57.9 Å². The molecule has 0 aromatic carbocycles. The summed E-state index contributed by atoms with van der Waals surface area (Å²) in [6.07, 6.45) is 19.8. The first-order chi connectivity index (χ1) is 14.3. The van der Waals surface area contributed by atoms with E-state index in [0.717, 1.165) is 0 Å². The van der Waals surface area contributed by atoms with Gasteiger partial charge in [0, 0.05) is 0 Å². The Kier molecular flexibility index (Phi) is 34.3. The van der Waals surface area contributed by atoms with Crippen molar-refractivity contribution in [2.75, 3.05) is 58.9 Å². The number of unbranched alkanes of at least 4 members (excludes halogenated alkanes) is 4. The van der Waals surface area contributed by atoms with E-state index in [1.165, 1.54) is 149 Å². The maximum absolute atomic E-state index is 2.62. The Hall–Kier alpha value is 1.57. The molecule has 3 aliphatic heterocycles. The smallest absolute Gasteiger partial charge is 0.00183 e. The lowest BCUT2D eigenvalue weighted by molar-refractivity contribution is 0.224. The second-order valence-electron chi connectivity index (χ2n) is 9.41. The van der Waals surface area contributed by atoms with Crippen LogP contribution in [0.4, 0.5) is 0 Å². The number of piperidine rings is 1. The van der Waals surface area contributed by atoms with Crippen LogP contribution in [0.2, 0.25) is 0 Å². The summed E-state index contributed by atoms with van der Waals surface area (Å²) in [4.78, 5) is 7.76. The third-order valence-corrected chi connectivity index (χ3v) is 6.54. The summed E-state index contributed by atoms with van der Waals surface area (Å²) >= 11 is 0. The second kappa shape index (κ2) is 28.8. The van der Waals surface area contributed by atoms with E-state index in [1.54, 1.807) is 0 Å². The highest BCUT2D eigenvalue weighted by atomic mass is 127. The number of rotatable bonds is 10. The van der Waals surface area contributed by atoms with E-state index < -0.39 is 0 Å². The van der Waals surface area contributed by atoms with Crippen LogP contribution in [0, 0.1) is 0 Å². The Morgan fingerprint density at radius 1 is 0.406 bits per heavy atom. The van der Waals surface area contributed by atoms with Gasteiger partial charge in [-0.2, -0.15) is 0 Å². The minimum atomic E-state index is 0. The number of hydrogen-bond donors (Lipinski definition) is 0. The van der Waals surface area contributed by atoms with Gasteiger partial charge in [0.25, 0.3) is 0 Å².